The molecule has 2 atom stereocenters. The molecule has 1 amide bonds. The van der Waals surface area contributed by atoms with E-state index in [1.54, 1.807) is 12.1 Å². The quantitative estimate of drug-likeness (QED) is 0.848. The molecule has 1 aliphatic rings. The van der Waals surface area contributed by atoms with Gasteiger partial charge in [-0.1, -0.05) is 18.6 Å². The van der Waals surface area contributed by atoms with Crippen LogP contribution in [0.3, 0.4) is 0 Å². The highest BCUT2D eigenvalue weighted by molar-refractivity contribution is 7.99. The van der Waals surface area contributed by atoms with E-state index in [2.05, 4.69) is 11.6 Å². The molecule has 7 heteroatoms. The third-order valence-electron chi connectivity index (χ3n) is 4.00. The number of nitrogens with one attached hydrogen (secondary N) is 2. The number of hydrogen-bond acceptors (Lipinski definition) is 3. The summed E-state index contributed by atoms with van der Waals surface area (Å²) in [5.74, 6) is -1.95. The molecule has 1 saturated carbocycles. The van der Waals surface area contributed by atoms with Crippen LogP contribution in [-0.4, -0.2) is 29.6 Å². The molecule has 2 rings (SSSR count). The Kier molecular flexibility index (Phi) is 6.35. The van der Waals surface area contributed by atoms with Crippen molar-refractivity contribution in [3.63, 3.8) is 0 Å². The van der Waals surface area contributed by atoms with Crippen molar-refractivity contribution in [2.24, 2.45) is 0 Å². The van der Waals surface area contributed by atoms with E-state index in [9.17, 15) is 18.0 Å². The molecule has 2 unspecified atom stereocenters. The number of halogens is 3. The Morgan fingerprint density at radius 2 is 2.13 bits per heavy atom. The third kappa shape index (κ3) is 5.73. The molecule has 0 radical (unpaired) electrons. The predicted octanol–water partition coefficient (Wildman–Crippen LogP) is 3.95. The van der Waals surface area contributed by atoms with Crippen LogP contribution in [0.2, 0.25) is 0 Å². The first-order chi connectivity index (χ1) is 10.9. The smallest absolute Gasteiger partial charge is 0.318 e. The number of carbonyl (C=O) groups is 1. The largest absolute Gasteiger partial charge is 0.471 e. The second-order valence-corrected chi connectivity index (χ2v) is 6.89. The summed E-state index contributed by atoms with van der Waals surface area (Å²) in [6, 6.07) is 6.96. The van der Waals surface area contributed by atoms with Crippen molar-refractivity contribution >= 4 is 23.4 Å². The van der Waals surface area contributed by atoms with Gasteiger partial charge in [0, 0.05) is 23.5 Å². The van der Waals surface area contributed by atoms with E-state index < -0.39 is 12.1 Å². The molecule has 128 valence electrons. The number of rotatable bonds is 5. The van der Waals surface area contributed by atoms with E-state index in [-0.39, 0.29) is 5.69 Å². The van der Waals surface area contributed by atoms with E-state index in [0.717, 1.165) is 18.4 Å². The number of alkyl halides is 3. The Morgan fingerprint density at radius 1 is 1.35 bits per heavy atom. The number of hydrogen-bond donors (Lipinski definition) is 2. The van der Waals surface area contributed by atoms with Crippen molar-refractivity contribution in [2.45, 2.75) is 49.7 Å². The van der Waals surface area contributed by atoms with Crippen LogP contribution >= 0.6 is 11.8 Å². The lowest BCUT2D eigenvalue weighted by atomic mass is 9.95. The molecule has 0 aromatic heterocycles. The lowest BCUT2D eigenvalue weighted by molar-refractivity contribution is -0.167. The SMILES string of the molecule is CSC1CCCC(NCc2cccc(NC(=O)C(F)(F)F)c2)C1. The highest BCUT2D eigenvalue weighted by Gasteiger charge is 2.38. The van der Waals surface area contributed by atoms with Crippen molar-refractivity contribution in [3.05, 3.63) is 29.8 Å². The zero-order chi connectivity index (χ0) is 16.9. The molecule has 0 spiro atoms. The molecule has 0 bridgehead atoms. The van der Waals surface area contributed by atoms with E-state index in [4.69, 9.17) is 0 Å². The molecule has 23 heavy (non-hydrogen) atoms. The maximum atomic E-state index is 12.3. The summed E-state index contributed by atoms with van der Waals surface area (Å²) < 4.78 is 36.8. The summed E-state index contributed by atoms with van der Waals surface area (Å²) in [5, 5.41) is 6.03. The fourth-order valence-electron chi connectivity index (χ4n) is 2.77. The molecule has 1 aliphatic carbocycles. The van der Waals surface area contributed by atoms with Crippen LogP contribution in [0.25, 0.3) is 0 Å². The third-order valence-corrected chi connectivity index (χ3v) is 5.09. The van der Waals surface area contributed by atoms with Gasteiger partial charge in [-0.05, 0) is 43.2 Å². The second-order valence-electron chi connectivity index (χ2n) is 5.75. The zero-order valence-electron chi connectivity index (χ0n) is 13.0. The molecular formula is C16H21F3N2OS. The van der Waals surface area contributed by atoms with Gasteiger partial charge in [-0.15, -0.1) is 0 Å². The van der Waals surface area contributed by atoms with Gasteiger partial charge >= 0.3 is 12.1 Å². The maximum absolute atomic E-state index is 12.3. The Bertz CT molecular complexity index is 536. The average Bonchev–Trinajstić information content (AvgIpc) is 2.52. The summed E-state index contributed by atoms with van der Waals surface area (Å²) in [6.07, 6.45) is 1.94. The highest BCUT2D eigenvalue weighted by Crippen LogP contribution is 2.27. The first kappa shape index (κ1) is 18.1. The van der Waals surface area contributed by atoms with Crippen LogP contribution in [0.1, 0.15) is 31.2 Å². The van der Waals surface area contributed by atoms with Crippen molar-refractivity contribution in [3.8, 4) is 0 Å². The van der Waals surface area contributed by atoms with Gasteiger partial charge in [-0.3, -0.25) is 4.79 Å². The van der Waals surface area contributed by atoms with Crippen LogP contribution in [0.15, 0.2) is 24.3 Å². The van der Waals surface area contributed by atoms with Crippen LogP contribution in [-0.2, 0) is 11.3 Å². The first-order valence-electron chi connectivity index (χ1n) is 7.62. The number of amides is 1. The van der Waals surface area contributed by atoms with Crippen LogP contribution in [0.5, 0.6) is 0 Å². The normalized spacial score (nSPS) is 21.9. The van der Waals surface area contributed by atoms with Gasteiger partial charge in [0.1, 0.15) is 0 Å². The van der Waals surface area contributed by atoms with E-state index in [1.807, 2.05) is 23.1 Å². The summed E-state index contributed by atoms with van der Waals surface area (Å²) in [6.45, 7) is 0.585. The van der Waals surface area contributed by atoms with Gasteiger partial charge in [0.15, 0.2) is 0 Å². The molecule has 1 fully saturated rings. The molecule has 3 nitrogen and oxygen atoms in total. The van der Waals surface area contributed by atoms with Gasteiger partial charge in [-0.25, -0.2) is 0 Å². The monoisotopic (exact) mass is 346 g/mol. The van der Waals surface area contributed by atoms with E-state index in [1.165, 1.54) is 18.9 Å². The highest BCUT2D eigenvalue weighted by atomic mass is 32.2. The molecular weight excluding hydrogens is 325 g/mol. The van der Waals surface area contributed by atoms with Crippen molar-refractivity contribution in [1.82, 2.24) is 5.32 Å². The minimum atomic E-state index is -4.87. The topological polar surface area (TPSA) is 41.1 Å². The fourth-order valence-corrected chi connectivity index (χ4v) is 3.59. The standard InChI is InChI=1S/C16H21F3N2OS/c1-23-14-7-3-5-12(9-14)20-10-11-4-2-6-13(8-11)21-15(22)16(17,18)19/h2,4,6,8,12,14,20H,3,5,7,9-10H2,1H3,(H,21,22). The van der Waals surface area contributed by atoms with Crippen molar-refractivity contribution in [1.29, 1.82) is 0 Å². The molecule has 1 aromatic carbocycles. The first-order valence-corrected chi connectivity index (χ1v) is 8.90. The van der Waals surface area contributed by atoms with Gasteiger partial charge in [-0.2, -0.15) is 24.9 Å². The Balaban J connectivity index is 1.89. The molecule has 1 aromatic rings. The average molecular weight is 346 g/mol. The Labute approximate surface area is 138 Å². The second kappa shape index (κ2) is 8.06. The van der Waals surface area contributed by atoms with Crippen LogP contribution < -0.4 is 10.6 Å². The van der Waals surface area contributed by atoms with Gasteiger partial charge in [0.05, 0.1) is 0 Å². The lowest BCUT2D eigenvalue weighted by Crippen LogP contribution is -2.34. The van der Waals surface area contributed by atoms with Gasteiger partial charge < -0.3 is 10.6 Å². The summed E-state index contributed by atoms with van der Waals surface area (Å²) in [7, 11) is 0. The van der Waals surface area contributed by atoms with Gasteiger partial charge in [0.25, 0.3) is 0 Å². The predicted molar refractivity (Wildman–Crippen MR) is 87.5 cm³/mol. The number of benzene rings is 1. The minimum absolute atomic E-state index is 0.164. The minimum Gasteiger partial charge on any atom is -0.318 e. The van der Waals surface area contributed by atoms with E-state index in [0.29, 0.717) is 17.8 Å². The lowest BCUT2D eigenvalue weighted by Gasteiger charge is -2.28. The Morgan fingerprint density at radius 3 is 2.83 bits per heavy atom. The fraction of sp³-hybridized carbons (Fsp3) is 0.562. The van der Waals surface area contributed by atoms with Crippen LogP contribution in [0, 0.1) is 0 Å². The molecule has 0 saturated heterocycles. The zero-order valence-corrected chi connectivity index (χ0v) is 13.8. The molecule has 2 N–H and O–H groups in total. The number of anilines is 1. The number of carbonyl (C=O) groups excluding carboxylic acids is 1. The summed E-state index contributed by atoms with van der Waals surface area (Å²) in [4.78, 5) is 11.0. The van der Waals surface area contributed by atoms with Crippen molar-refractivity contribution in [2.75, 3.05) is 11.6 Å². The number of thioether (sulfide) groups is 1. The van der Waals surface area contributed by atoms with Crippen LogP contribution in [0.4, 0.5) is 18.9 Å². The van der Waals surface area contributed by atoms with Gasteiger partial charge in [0.2, 0.25) is 0 Å². The van der Waals surface area contributed by atoms with Crippen molar-refractivity contribution < 1.29 is 18.0 Å². The Hall–Kier alpha value is -1.21. The summed E-state index contributed by atoms with van der Waals surface area (Å²) >= 11 is 1.89. The van der Waals surface area contributed by atoms with E-state index >= 15 is 0 Å². The molecule has 0 aliphatic heterocycles. The maximum Gasteiger partial charge on any atom is 0.471 e. The molecule has 0 heterocycles. The summed E-state index contributed by atoms with van der Waals surface area (Å²) in [5.41, 5.74) is 1.02.